The Morgan fingerprint density at radius 2 is 1.95 bits per heavy atom. The van der Waals surface area contributed by atoms with Crippen LogP contribution < -0.4 is 10.5 Å². The molecule has 2 heterocycles. The molecule has 0 saturated heterocycles. The average molecular weight is 288 g/mol. The minimum absolute atomic E-state index is 0.220. The van der Waals surface area contributed by atoms with E-state index >= 15 is 0 Å². The molecule has 2 rings (SSSR count). The van der Waals surface area contributed by atoms with Gasteiger partial charge in [-0.25, -0.2) is 4.98 Å². The van der Waals surface area contributed by atoms with E-state index in [0.29, 0.717) is 11.4 Å². The SMILES string of the molecule is CCc1nc(C)ccc1Oc1nc(C)cc(C(N)=S)n1. The molecule has 2 aromatic heterocycles. The van der Waals surface area contributed by atoms with Crippen LogP contribution in [0.1, 0.15) is 29.7 Å². The maximum Gasteiger partial charge on any atom is 0.322 e. The number of aromatic nitrogens is 3. The molecule has 0 saturated carbocycles. The van der Waals surface area contributed by atoms with Gasteiger partial charge in [0, 0.05) is 11.4 Å². The van der Waals surface area contributed by atoms with Crippen molar-refractivity contribution < 1.29 is 4.74 Å². The molecule has 2 N–H and O–H groups in total. The Hall–Kier alpha value is -2.08. The Morgan fingerprint density at radius 1 is 1.20 bits per heavy atom. The second-order valence-corrected chi connectivity index (χ2v) is 4.83. The number of nitrogens with two attached hydrogens (primary N) is 1. The van der Waals surface area contributed by atoms with Crippen LogP contribution in [-0.4, -0.2) is 19.9 Å². The first-order valence-corrected chi connectivity index (χ1v) is 6.70. The van der Waals surface area contributed by atoms with E-state index in [9.17, 15) is 0 Å². The quantitative estimate of drug-likeness (QED) is 0.871. The highest BCUT2D eigenvalue weighted by Gasteiger charge is 2.10. The van der Waals surface area contributed by atoms with Crippen LogP contribution in [0.2, 0.25) is 0 Å². The monoisotopic (exact) mass is 288 g/mol. The van der Waals surface area contributed by atoms with Gasteiger partial charge in [-0.3, -0.25) is 4.98 Å². The van der Waals surface area contributed by atoms with E-state index in [0.717, 1.165) is 23.5 Å². The third kappa shape index (κ3) is 3.27. The summed E-state index contributed by atoms with van der Waals surface area (Å²) in [6.07, 6.45) is 0.769. The van der Waals surface area contributed by atoms with Gasteiger partial charge in [0.2, 0.25) is 0 Å². The molecular formula is C14H16N4OS. The first-order chi connectivity index (χ1) is 9.49. The van der Waals surface area contributed by atoms with E-state index < -0.39 is 0 Å². The Kier molecular flexibility index (Phi) is 4.24. The average Bonchev–Trinajstić information content (AvgIpc) is 2.40. The van der Waals surface area contributed by atoms with Crippen molar-refractivity contribution in [1.82, 2.24) is 15.0 Å². The molecule has 0 aromatic carbocycles. The lowest BCUT2D eigenvalue weighted by Crippen LogP contribution is -2.13. The predicted molar refractivity (Wildman–Crippen MR) is 81.1 cm³/mol. The Morgan fingerprint density at radius 3 is 2.60 bits per heavy atom. The van der Waals surface area contributed by atoms with Crippen molar-refractivity contribution in [2.75, 3.05) is 0 Å². The normalized spacial score (nSPS) is 10.3. The molecule has 0 aliphatic carbocycles. The Labute approximate surface area is 123 Å². The third-order valence-electron chi connectivity index (χ3n) is 2.69. The van der Waals surface area contributed by atoms with Crippen LogP contribution in [-0.2, 0) is 6.42 Å². The maximum absolute atomic E-state index is 5.73. The molecular weight excluding hydrogens is 272 g/mol. The van der Waals surface area contributed by atoms with Crippen LogP contribution in [0, 0.1) is 13.8 Å². The molecule has 0 fully saturated rings. The van der Waals surface area contributed by atoms with Crippen LogP contribution in [0.3, 0.4) is 0 Å². The van der Waals surface area contributed by atoms with Gasteiger partial charge in [0.25, 0.3) is 0 Å². The number of aryl methyl sites for hydroxylation is 3. The zero-order valence-electron chi connectivity index (χ0n) is 11.7. The first-order valence-electron chi connectivity index (χ1n) is 6.29. The molecule has 0 radical (unpaired) electrons. The van der Waals surface area contributed by atoms with Gasteiger partial charge in [0.05, 0.1) is 5.69 Å². The van der Waals surface area contributed by atoms with Gasteiger partial charge in [0.1, 0.15) is 10.7 Å². The van der Waals surface area contributed by atoms with Crippen molar-refractivity contribution in [3.63, 3.8) is 0 Å². The van der Waals surface area contributed by atoms with Crippen LogP contribution in [0.4, 0.5) is 0 Å². The minimum atomic E-state index is 0.220. The van der Waals surface area contributed by atoms with Crippen molar-refractivity contribution in [2.45, 2.75) is 27.2 Å². The van der Waals surface area contributed by atoms with Crippen LogP contribution in [0.15, 0.2) is 18.2 Å². The summed E-state index contributed by atoms with van der Waals surface area (Å²) in [6.45, 7) is 5.80. The second-order valence-electron chi connectivity index (χ2n) is 4.39. The lowest BCUT2D eigenvalue weighted by Gasteiger charge is -2.10. The van der Waals surface area contributed by atoms with Gasteiger partial charge in [-0.15, -0.1) is 0 Å². The van der Waals surface area contributed by atoms with E-state index in [1.54, 1.807) is 6.07 Å². The number of thiocarbonyl (C=S) groups is 1. The zero-order valence-corrected chi connectivity index (χ0v) is 12.5. The van der Waals surface area contributed by atoms with Gasteiger partial charge in [-0.1, -0.05) is 19.1 Å². The smallest absolute Gasteiger partial charge is 0.322 e. The van der Waals surface area contributed by atoms with E-state index in [4.69, 9.17) is 22.7 Å². The van der Waals surface area contributed by atoms with Gasteiger partial charge >= 0.3 is 6.01 Å². The summed E-state index contributed by atoms with van der Waals surface area (Å²) in [4.78, 5) is 13.1. The van der Waals surface area contributed by atoms with Crippen molar-refractivity contribution >= 4 is 17.2 Å². The lowest BCUT2D eigenvalue weighted by atomic mass is 10.2. The molecule has 0 aliphatic heterocycles. The molecule has 6 heteroatoms. The number of nitrogens with zero attached hydrogens (tertiary/aromatic N) is 3. The fourth-order valence-electron chi connectivity index (χ4n) is 1.76. The second kappa shape index (κ2) is 5.92. The number of pyridine rings is 1. The molecule has 0 aliphatic rings. The van der Waals surface area contributed by atoms with Crippen molar-refractivity contribution in [1.29, 1.82) is 0 Å². The van der Waals surface area contributed by atoms with Crippen molar-refractivity contribution in [3.8, 4) is 11.8 Å². The highest BCUT2D eigenvalue weighted by atomic mass is 32.1. The van der Waals surface area contributed by atoms with Crippen LogP contribution >= 0.6 is 12.2 Å². The third-order valence-corrected chi connectivity index (χ3v) is 2.90. The molecule has 0 bridgehead atoms. The Balaban J connectivity index is 2.37. The summed E-state index contributed by atoms with van der Waals surface area (Å²) >= 11 is 4.93. The summed E-state index contributed by atoms with van der Waals surface area (Å²) in [5, 5.41) is 0. The molecule has 0 amide bonds. The molecule has 0 atom stereocenters. The van der Waals surface area contributed by atoms with Gasteiger partial charge in [-0.2, -0.15) is 4.98 Å². The zero-order chi connectivity index (χ0) is 14.7. The standard InChI is InChI=1S/C14H16N4OS/c1-4-10-12(6-5-8(2)16-10)19-14-17-9(3)7-11(18-14)13(15)20/h5-7H,4H2,1-3H3,(H2,15,20). The molecule has 0 unspecified atom stereocenters. The summed E-state index contributed by atoms with van der Waals surface area (Å²) in [5.74, 6) is 0.651. The van der Waals surface area contributed by atoms with Crippen LogP contribution in [0.25, 0.3) is 0 Å². The van der Waals surface area contributed by atoms with E-state index in [2.05, 4.69) is 15.0 Å². The fraction of sp³-hybridized carbons (Fsp3) is 0.286. The van der Waals surface area contributed by atoms with Crippen molar-refractivity contribution in [3.05, 3.63) is 41.0 Å². The molecule has 20 heavy (non-hydrogen) atoms. The summed E-state index contributed by atoms with van der Waals surface area (Å²) < 4.78 is 5.73. The Bertz CT molecular complexity index is 658. The number of rotatable bonds is 4. The molecule has 2 aromatic rings. The predicted octanol–water partition coefficient (Wildman–Crippen LogP) is 2.48. The summed E-state index contributed by atoms with van der Waals surface area (Å²) in [6, 6.07) is 5.71. The number of hydrogen-bond donors (Lipinski definition) is 1. The van der Waals surface area contributed by atoms with Crippen LogP contribution in [0.5, 0.6) is 11.8 Å². The maximum atomic E-state index is 5.73. The molecule has 5 nitrogen and oxygen atoms in total. The first kappa shape index (κ1) is 14.3. The van der Waals surface area contributed by atoms with Gasteiger partial charge < -0.3 is 10.5 Å². The van der Waals surface area contributed by atoms with Gasteiger partial charge in [-0.05, 0) is 38.5 Å². The molecule has 0 spiro atoms. The molecule has 104 valence electrons. The summed E-state index contributed by atoms with van der Waals surface area (Å²) in [5.41, 5.74) is 8.66. The topological polar surface area (TPSA) is 73.9 Å². The fourth-order valence-corrected chi connectivity index (χ4v) is 1.86. The highest BCUT2D eigenvalue weighted by Crippen LogP contribution is 2.22. The van der Waals surface area contributed by atoms with Gasteiger partial charge in [0.15, 0.2) is 5.75 Å². The van der Waals surface area contributed by atoms with Crippen molar-refractivity contribution in [2.24, 2.45) is 5.73 Å². The highest BCUT2D eigenvalue weighted by molar-refractivity contribution is 7.80. The van der Waals surface area contributed by atoms with E-state index in [1.165, 1.54) is 0 Å². The summed E-state index contributed by atoms with van der Waals surface area (Å²) in [7, 11) is 0. The lowest BCUT2D eigenvalue weighted by molar-refractivity contribution is 0.432. The largest absolute Gasteiger partial charge is 0.422 e. The number of hydrogen-bond acceptors (Lipinski definition) is 5. The minimum Gasteiger partial charge on any atom is -0.422 e. The number of ether oxygens (including phenoxy) is 1. The van der Waals surface area contributed by atoms with E-state index in [1.807, 2.05) is 32.9 Å². The van der Waals surface area contributed by atoms with E-state index in [-0.39, 0.29) is 11.0 Å².